The van der Waals surface area contributed by atoms with E-state index >= 15 is 0 Å². The van der Waals surface area contributed by atoms with Crippen LogP contribution in [0.5, 0.6) is 11.5 Å². The fourth-order valence-electron chi connectivity index (χ4n) is 1.71. The third-order valence-electron chi connectivity index (χ3n) is 2.55. The van der Waals surface area contributed by atoms with Crippen LogP contribution in [0, 0.1) is 0 Å². The number of rotatable bonds is 2. The molecule has 0 saturated carbocycles. The number of aromatic hydroxyl groups is 2. The van der Waals surface area contributed by atoms with Gasteiger partial charge in [-0.1, -0.05) is 0 Å². The number of hydrogen-bond donors (Lipinski definition) is 4. The first-order valence-corrected chi connectivity index (χ1v) is 7.83. The molecule has 0 saturated heterocycles. The van der Waals surface area contributed by atoms with E-state index in [0.29, 0.717) is 12.1 Å². The number of phenols is 2. The minimum atomic E-state index is -4.63. The van der Waals surface area contributed by atoms with Crippen LogP contribution in [0.3, 0.4) is 0 Å². The summed E-state index contributed by atoms with van der Waals surface area (Å²) in [7, 11) is -9.26. The number of phenolic OH excluding ortho intramolecular Hbond substituents is 2. The van der Waals surface area contributed by atoms with Crippen molar-refractivity contribution in [1.29, 1.82) is 0 Å². The molecule has 0 aromatic heterocycles. The molecule has 2 aromatic rings. The summed E-state index contributed by atoms with van der Waals surface area (Å²) in [5.74, 6) is -1.34. The van der Waals surface area contributed by atoms with Crippen LogP contribution >= 0.6 is 0 Å². The van der Waals surface area contributed by atoms with Crippen LogP contribution in [0.4, 0.5) is 0 Å². The van der Waals surface area contributed by atoms with Crippen LogP contribution in [-0.2, 0) is 20.2 Å². The van der Waals surface area contributed by atoms with E-state index in [1.165, 1.54) is 0 Å². The van der Waals surface area contributed by atoms with Crippen molar-refractivity contribution in [2.75, 3.05) is 0 Å². The molecule has 11 heteroatoms. The molecular formula is C10H9NaO8S2. The van der Waals surface area contributed by atoms with Crippen LogP contribution in [0.15, 0.2) is 34.1 Å². The van der Waals surface area contributed by atoms with E-state index in [9.17, 15) is 27.0 Å². The molecule has 110 valence electrons. The molecule has 0 aliphatic rings. The zero-order chi connectivity index (χ0) is 15.3. The standard InChI is InChI=1S/C10H8O8S2.Na.H/c11-8-3-6(19(13,14)15)1-5-2-7(20(16,17)18)4-9(12)10(5)8;;/h1-4,11-12H,(H,13,14,15)(H,16,17,18);;. The Morgan fingerprint density at radius 1 is 0.714 bits per heavy atom. The summed E-state index contributed by atoms with van der Waals surface area (Å²) in [5, 5.41) is 18.9. The number of benzene rings is 2. The molecule has 21 heavy (non-hydrogen) atoms. The Balaban J connectivity index is 0.00000220. The molecule has 8 nitrogen and oxygen atoms in total. The van der Waals surface area contributed by atoms with Gasteiger partial charge in [0.2, 0.25) is 0 Å². The second-order valence-electron chi connectivity index (χ2n) is 3.93. The molecule has 2 aromatic carbocycles. The van der Waals surface area contributed by atoms with Crippen LogP contribution in [-0.4, -0.2) is 65.7 Å². The summed E-state index contributed by atoms with van der Waals surface area (Å²) >= 11 is 0. The van der Waals surface area contributed by atoms with Gasteiger partial charge in [0.25, 0.3) is 20.2 Å². The van der Waals surface area contributed by atoms with Crippen molar-refractivity contribution < 1.29 is 36.2 Å². The van der Waals surface area contributed by atoms with Crippen LogP contribution in [0.2, 0.25) is 0 Å². The first kappa shape index (κ1) is 18.2. The van der Waals surface area contributed by atoms with Gasteiger partial charge < -0.3 is 10.2 Å². The summed E-state index contributed by atoms with van der Waals surface area (Å²) < 4.78 is 61.8. The van der Waals surface area contributed by atoms with Crippen molar-refractivity contribution in [2.24, 2.45) is 0 Å². The maximum absolute atomic E-state index is 11.0. The van der Waals surface area contributed by atoms with E-state index in [0.717, 1.165) is 12.1 Å². The van der Waals surface area contributed by atoms with Gasteiger partial charge in [0.1, 0.15) is 11.5 Å². The first-order valence-electron chi connectivity index (χ1n) is 4.95. The number of hydrogen-bond acceptors (Lipinski definition) is 6. The number of fused-ring (bicyclic) bond motifs is 1. The van der Waals surface area contributed by atoms with E-state index in [-0.39, 0.29) is 40.3 Å². The Bertz CT molecular complexity index is 845. The fraction of sp³-hybridized carbons (Fsp3) is 0. The predicted molar refractivity (Wildman–Crippen MR) is 74.1 cm³/mol. The molecule has 0 radical (unpaired) electrons. The van der Waals surface area contributed by atoms with Crippen molar-refractivity contribution in [3.8, 4) is 11.5 Å². The van der Waals surface area contributed by atoms with Crippen LogP contribution in [0.1, 0.15) is 0 Å². The zero-order valence-electron chi connectivity index (χ0n) is 9.55. The van der Waals surface area contributed by atoms with E-state index in [1.54, 1.807) is 0 Å². The van der Waals surface area contributed by atoms with Gasteiger partial charge in [0.05, 0.1) is 15.2 Å². The van der Waals surface area contributed by atoms with Crippen LogP contribution < -0.4 is 0 Å². The fourth-order valence-corrected chi connectivity index (χ4v) is 2.79. The van der Waals surface area contributed by atoms with Crippen molar-refractivity contribution in [3.63, 3.8) is 0 Å². The molecule has 0 aliphatic carbocycles. The molecule has 0 heterocycles. The van der Waals surface area contributed by atoms with Gasteiger partial charge >= 0.3 is 29.6 Å². The quantitative estimate of drug-likeness (QED) is 0.442. The van der Waals surface area contributed by atoms with Gasteiger partial charge in [-0.05, 0) is 17.5 Å². The molecule has 4 N–H and O–H groups in total. The van der Waals surface area contributed by atoms with Crippen molar-refractivity contribution in [3.05, 3.63) is 24.3 Å². The summed E-state index contributed by atoms with van der Waals surface area (Å²) in [6.07, 6.45) is 0. The van der Waals surface area contributed by atoms with Gasteiger partial charge in [-0.3, -0.25) is 9.11 Å². The summed E-state index contributed by atoms with van der Waals surface area (Å²) in [6, 6.07) is 3.09. The minimum absolute atomic E-state index is 0. The Morgan fingerprint density at radius 2 is 1.05 bits per heavy atom. The Morgan fingerprint density at radius 3 is 1.33 bits per heavy atom. The maximum atomic E-state index is 11.0. The molecule has 0 aliphatic heterocycles. The monoisotopic (exact) mass is 344 g/mol. The SMILES string of the molecule is O=S(=O)(O)c1cc(O)c2c(O)cc(S(=O)(=O)O)cc2c1.[NaH]. The molecule has 0 fully saturated rings. The summed E-state index contributed by atoms with van der Waals surface area (Å²) in [6.45, 7) is 0. The van der Waals surface area contributed by atoms with Crippen molar-refractivity contribution >= 4 is 60.6 Å². The third kappa shape index (κ3) is 3.66. The van der Waals surface area contributed by atoms with Gasteiger partial charge in [0, 0.05) is 12.1 Å². The van der Waals surface area contributed by atoms with E-state index in [1.807, 2.05) is 0 Å². The molecular weight excluding hydrogens is 335 g/mol. The third-order valence-corrected chi connectivity index (χ3v) is 4.21. The second kappa shape index (κ2) is 5.72. The Kier molecular flexibility index (Phi) is 4.95. The molecule has 0 bridgehead atoms. The van der Waals surface area contributed by atoms with Crippen molar-refractivity contribution in [1.82, 2.24) is 0 Å². The normalized spacial score (nSPS) is 12.1. The van der Waals surface area contributed by atoms with Crippen LogP contribution in [0.25, 0.3) is 10.8 Å². The molecule has 0 spiro atoms. The molecule has 0 unspecified atom stereocenters. The average molecular weight is 344 g/mol. The van der Waals surface area contributed by atoms with E-state index < -0.39 is 41.5 Å². The molecule has 0 atom stereocenters. The van der Waals surface area contributed by atoms with E-state index in [2.05, 4.69) is 0 Å². The summed E-state index contributed by atoms with van der Waals surface area (Å²) in [4.78, 5) is -1.37. The van der Waals surface area contributed by atoms with E-state index in [4.69, 9.17) is 9.11 Å². The van der Waals surface area contributed by atoms with Gasteiger partial charge in [-0.15, -0.1) is 0 Å². The molecule has 0 amide bonds. The first-order chi connectivity index (χ1) is 9.00. The van der Waals surface area contributed by atoms with Gasteiger partial charge in [-0.2, -0.15) is 16.8 Å². The molecule has 2 rings (SSSR count). The van der Waals surface area contributed by atoms with Crippen molar-refractivity contribution in [2.45, 2.75) is 9.79 Å². The van der Waals surface area contributed by atoms with Gasteiger partial charge in [0.15, 0.2) is 0 Å². The van der Waals surface area contributed by atoms with Gasteiger partial charge in [-0.25, -0.2) is 0 Å². The Labute approximate surface area is 141 Å². The zero-order valence-corrected chi connectivity index (χ0v) is 11.2. The second-order valence-corrected chi connectivity index (χ2v) is 6.78. The summed E-state index contributed by atoms with van der Waals surface area (Å²) in [5.41, 5.74) is 0. The average Bonchev–Trinajstić information content (AvgIpc) is 2.25. The Hall–Kier alpha value is -0.880. The predicted octanol–water partition coefficient (Wildman–Crippen LogP) is 0.0959. The topological polar surface area (TPSA) is 149 Å².